The van der Waals surface area contributed by atoms with E-state index in [0.717, 1.165) is 48.8 Å². The van der Waals surface area contributed by atoms with Crippen LogP contribution >= 0.6 is 11.3 Å². The summed E-state index contributed by atoms with van der Waals surface area (Å²) < 4.78 is 67.5. The Morgan fingerprint density at radius 1 is 1.31 bits per heavy atom. The van der Waals surface area contributed by atoms with E-state index in [2.05, 4.69) is 19.3 Å². The van der Waals surface area contributed by atoms with Crippen LogP contribution in [0.3, 0.4) is 0 Å². The minimum atomic E-state index is -4.82. The van der Waals surface area contributed by atoms with E-state index >= 15 is 0 Å². The van der Waals surface area contributed by atoms with E-state index in [1.807, 2.05) is 5.38 Å². The van der Waals surface area contributed by atoms with Crippen LogP contribution in [0.1, 0.15) is 12.8 Å². The summed E-state index contributed by atoms with van der Waals surface area (Å²) in [5.74, 6) is -0.470. The number of nitrogens with one attached hydrogen (secondary N) is 1. The van der Waals surface area contributed by atoms with Crippen LogP contribution < -0.4 is 14.4 Å². The van der Waals surface area contributed by atoms with Gasteiger partial charge in [0, 0.05) is 30.7 Å². The van der Waals surface area contributed by atoms with Crippen molar-refractivity contribution in [3.8, 4) is 5.75 Å². The van der Waals surface area contributed by atoms with Crippen LogP contribution in [0.15, 0.2) is 40.7 Å². The molecule has 1 aromatic carbocycles. The predicted molar refractivity (Wildman–Crippen MR) is 90.8 cm³/mol. The first-order valence-electron chi connectivity index (χ1n) is 7.76. The van der Waals surface area contributed by atoms with Gasteiger partial charge in [-0.1, -0.05) is 0 Å². The summed E-state index contributed by atoms with van der Waals surface area (Å²) in [6.45, 7) is 1.01. The average molecular weight is 407 g/mol. The van der Waals surface area contributed by atoms with Gasteiger partial charge in [-0.15, -0.1) is 24.5 Å². The topological polar surface area (TPSA) is 71.5 Å². The van der Waals surface area contributed by atoms with Crippen molar-refractivity contribution in [1.82, 2.24) is 9.71 Å². The normalized spacial score (nSPS) is 18.3. The molecule has 1 aromatic heterocycles. The third-order valence-corrected chi connectivity index (χ3v) is 6.17. The van der Waals surface area contributed by atoms with Crippen LogP contribution in [-0.2, 0) is 10.0 Å². The third-order valence-electron chi connectivity index (χ3n) is 3.92. The quantitative estimate of drug-likeness (QED) is 0.797. The van der Waals surface area contributed by atoms with E-state index in [9.17, 15) is 21.6 Å². The summed E-state index contributed by atoms with van der Waals surface area (Å²) in [4.78, 5) is 6.19. The van der Waals surface area contributed by atoms with Crippen molar-refractivity contribution in [3.05, 3.63) is 35.8 Å². The first-order chi connectivity index (χ1) is 12.2. The van der Waals surface area contributed by atoms with E-state index in [4.69, 9.17) is 0 Å². The molecule has 2 aromatic rings. The van der Waals surface area contributed by atoms with Crippen LogP contribution in [0, 0.1) is 0 Å². The molecule has 0 bridgehead atoms. The number of benzene rings is 1. The minimum absolute atomic E-state index is 0.0104. The van der Waals surface area contributed by atoms with Gasteiger partial charge in [0.05, 0.1) is 4.90 Å². The lowest BCUT2D eigenvalue weighted by molar-refractivity contribution is -0.274. The molecule has 2 heterocycles. The standard InChI is InChI=1S/C15H16F3N3O3S2/c16-15(17,18)24-12-3-5-13(6-4-12)26(22,23)20-10-11-2-1-8-21(11)14-19-7-9-25-14/h3-7,9,11,20H,1-2,8,10H2. The zero-order valence-corrected chi connectivity index (χ0v) is 15.1. The number of sulfonamides is 1. The highest BCUT2D eigenvalue weighted by molar-refractivity contribution is 7.89. The van der Waals surface area contributed by atoms with E-state index < -0.39 is 22.1 Å². The smallest absolute Gasteiger partial charge is 0.406 e. The Bertz CT molecular complexity index is 824. The molecule has 6 nitrogen and oxygen atoms in total. The number of anilines is 1. The molecule has 1 fully saturated rings. The molecule has 1 aliphatic heterocycles. The Morgan fingerprint density at radius 2 is 2.04 bits per heavy atom. The number of ether oxygens (including phenoxy) is 1. The average Bonchev–Trinajstić information content (AvgIpc) is 3.23. The van der Waals surface area contributed by atoms with Gasteiger partial charge >= 0.3 is 6.36 Å². The Hall–Kier alpha value is -1.85. The Morgan fingerprint density at radius 3 is 2.65 bits per heavy atom. The molecule has 1 aliphatic rings. The molecule has 1 atom stereocenters. The maximum absolute atomic E-state index is 12.4. The Kier molecular flexibility index (Phi) is 5.39. The summed E-state index contributed by atoms with van der Waals surface area (Å²) in [5.41, 5.74) is 0. The minimum Gasteiger partial charge on any atom is -0.406 e. The van der Waals surface area contributed by atoms with Gasteiger partial charge in [-0.2, -0.15) is 0 Å². The third kappa shape index (κ3) is 4.65. The first kappa shape index (κ1) is 18.9. The number of aromatic nitrogens is 1. The zero-order chi connectivity index (χ0) is 18.8. The number of hydrogen-bond acceptors (Lipinski definition) is 6. The fourth-order valence-electron chi connectivity index (χ4n) is 2.77. The summed E-state index contributed by atoms with van der Waals surface area (Å²) in [5, 5.41) is 2.71. The number of alkyl halides is 3. The lowest BCUT2D eigenvalue weighted by Crippen LogP contribution is -2.40. The number of hydrogen-bond donors (Lipinski definition) is 1. The van der Waals surface area contributed by atoms with Crippen LogP contribution in [0.25, 0.3) is 0 Å². The van der Waals surface area contributed by atoms with Crippen molar-refractivity contribution in [1.29, 1.82) is 0 Å². The monoisotopic (exact) mass is 407 g/mol. The van der Waals surface area contributed by atoms with E-state index in [-0.39, 0.29) is 17.5 Å². The molecule has 0 aliphatic carbocycles. The molecule has 1 N–H and O–H groups in total. The van der Waals surface area contributed by atoms with E-state index in [1.165, 1.54) is 11.3 Å². The summed E-state index contributed by atoms with van der Waals surface area (Å²) >= 11 is 1.49. The lowest BCUT2D eigenvalue weighted by atomic mass is 10.2. The van der Waals surface area contributed by atoms with Crippen molar-refractivity contribution < 1.29 is 26.3 Å². The molecule has 3 rings (SSSR count). The molecule has 1 saturated heterocycles. The number of halogens is 3. The molecule has 0 amide bonds. The van der Waals surface area contributed by atoms with Crippen molar-refractivity contribution >= 4 is 26.5 Å². The van der Waals surface area contributed by atoms with Gasteiger partial charge < -0.3 is 9.64 Å². The van der Waals surface area contributed by atoms with Crippen molar-refractivity contribution in [2.75, 3.05) is 18.0 Å². The fourth-order valence-corrected chi connectivity index (χ4v) is 4.58. The highest BCUT2D eigenvalue weighted by atomic mass is 32.2. The second-order valence-corrected chi connectivity index (χ2v) is 8.32. The highest BCUT2D eigenvalue weighted by Crippen LogP contribution is 2.27. The van der Waals surface area contributed by atoms with Gasteiger partial charge in [0.2, 0.25) is 10.0 Å². The van der Waals surface area contributed by atoms with Crippen LogP contribution in [0.4, 0.5) is 18.3 Å². The Labute approximate surface area is 152 Å². The van der Waals surface area contributed by atoms with Crippen molar-refractivity contribution in [2.24, 2.45) is 0 Å². The molecule has 0 saturated carbocycles. The summed E-state index contributed by atoms with van der Waals surface area (Å²) in [6, 6.07) is 4.09. The molecular formula is C15H16F3N3O3S2. The second kappa shape index (κ2) is 7.41. The van der Waals surface area contributed by atoms with Crippen molar-refractivity contribution in [2.45, 2.75) is 30.1 Å². The maximum Gasteiger partial charge on any atom is 0.573 e. The molecule has 1 unspecified atom stereocenters. The van der Waals surface area contributed by atoms with E-state index in [1.54, 1.807) is 6.20 Å². The largest absolute Gasteiger partial charge is 0.573 e. The lowest BCUT2D eigenvalue weighted by Gasteiger charge is -2.24. The SMILES string of the molecule is O=S(=O)(NCC1CCCN1c1nccs1)c1ccc(OC(F)(F)F)cc1. The molecule has 142 valence electrons. The van der Waals surface area contributed by atoms with Crippen LogP contribution in [0.5, 0.6) is 5.75 Å². The first-order valence-corrected chi connectivity index (χ1v) is 10.1. The Balaban J connectivity index is 1.63. The summed E-state index contributed by atoms with van der Waals surface area (Å²) in [7, 11) is -3.83. The molecular weight excluding hydrogens is 391 g/mol. The number of thiazole rings is 1. The molecule has 26 heavy (non-hydrogen) atoms. The van der Waals surface area contributed by atoms with Gasteiger partial charge in [0.15, 0.2) is 5.13 Å². The second-order valence-electron chi connectivity index (χ2n) is 5.68. The van der Waals surface area contributed by atoms with Crippen molar-refractivity contribution in [3.63, 3.8) is 0 Å². The fraction of sp³-hybridized carbons (Fsp3) is 0.400. The van der Waals surface area contributed by atoms with Gasteiger partial charge in [-0.3, -0.25) is 0 Å². The van der Waals surface area contributed by atoms with Gasteiger partial charge in [-0.05, 0) is 37.1 Å². The van der Waals surface area contributed by atoms with Crippen LogP contribution in [-0.4, -0.2) is 38.9 Å². The number of rotatable bonds is 6. The van der Waals surface area contributed by atoms with Gasteiger partial charge in [0.1, 0.15) is 5.75 Å². The van der Waals surface area contributed by atoms with Crippen LogP contribution in [0.2, 0.25) is 0 Å². The van der Waals surface area contributed by atoms with Gasteiger partial charge in [-0.25, -0.2) is 18.1 Å². The van der Waals surface area contributed by atoms with E-state index in [0.29, 0.717) is 0 Å². The molecule has 11 heteroatoms. The van der Waals surface area contributed by atoms with Gasteiger partial charge in [0.25, 0.3) is 0 Å². The number of nitrogens with zero attached hydrogens (tertiary/aromatic N) is 2. The summed E-state index contributed by atoms with van der Waals surface area (Å²) in [6.07, 6.45) is -1.35. The maximum atomic E-state index is 12.4. The molecule has 0 radical (unpaired) electrons. The molecule has 0 spiro atoms. The highest BCUT2D eigenvalue weighted by Gasteiger charge is 2.31. The zero-order valence-electron chi connectivity index (χ0n) is 13.4. The predicted octanol–water partition coefficient (Wildman–Crippen LogP) is 2.99.